The molecule has 1 unspecified atom stereocenters. The Kier molecular flexibility index (Phi) is 7.65. The van der Waals surface area contributed by atoms with E-state index in [0.717, 1.165) is 57.4 Å². The summed E-state index contributed by atoms with van der Waals surface area (Å²) in [5.74, 6) is 0.642. The molecule has 0 saturated carbocycles. The SMILES string of the molecule is O=C(NCC(c1ccco1)N1CCCCC1)c1ccc(S(=O)(=O)N2CCCCCC2)cc1. The zero-order valence-corrected chi connectivity index (χ0v) is 19.4. The third-order valence-electron chi connectivity index (χ3n) is 6.48. The first kappa shape index (κ1) is 23.0. The van der Waals surface area contributed by atoms with E-state index < -0.39 is 10.0 Å². The van der Waals surface area contributed by atoms with Crippen LogP contribution in [0.4, 0.5) is 0 Å². The summed E-state index contributed by atoms with van der Waals surface area (Å²) in [6.45, 7) is 3.55. The number of likely N-dealkylation sites (tertiary alicyclic amines) is 1. The van der Waals surface area contributed by atoms with E-state index in [-0.39, 0.29) is 16.8 Å². The Bertz CT molecular complexity index is 959. The zero-order valence-electron chi connectivity index (χ0n) is 18.5. The molecule has 8 heteroatoms. The molecule has 1 aromatic heterocycles. The Morgan fingerprint density at radius 1 is 0.906 bits per heavy atom. The Balaban J connectivity index is 1.40. The van der Waals surface area contributed by atoms with Crippen molar-refractivity contribution in [3.05, 3.63) is 54.0 Å². The van der Waals surface area contributed by atoms with Gasteiger partial charge in [0.05, 0.1) is 17.2 Å². The largest absolute Gasteiger partial charge is 0.468 e. The van der Waals surface area contributed by atoms with Gasteiger partial charge in [-0.1, -0.05) is 19.3 Å². The van der Waals surface area contributed by atoms with Gasteiger partial charge in [-0.3, -0.25) is 9.69 Å². The van der Waals surface area contributed by atoms with Crippen molar-refractivity contribution in [3.63, 3.8) is 0 Å². The van der Waals surface area contributed by atoms with Crippen LogP contribution < -0.4 is 5.32 Å². The summed E-state index contributed by atoms with van der Waals surface area (Å²) in [5, 5.41) is 3.01. The predicted molar refractivity (Wildman–Crippen MR) is 123 cm³/mol. The van der Waals surface area contributed by atoms with E-state index in [2.05, 4.69) is 10.2 Å². The van der Waals surface area contributed by atoms with Crippen molar-refractivity contribution in [1.29, 1.82) is 0 Å². The van der Waals surface area contributed by atoms with E-state index in [1.807, 2.05) is 12.1 Å². The molecule has 0 bridgehead atoms. The molecule has 32 heavy (non-hydrogen) atoms. The van der Waals surface area contributed by atoms with Gasteiger partial charge in [0.2, 0.25) is 10.0 Å². The smallest absolute Gasteiger partial charge is 0.251 e. The lowest BCUT2D eigenvalue weighted by atomic mass is 10.1. The van der Waals surface area contributed by atoms with E-state index in [1.54, 1.807) is 34.8 Å². The van der Waals surface area contributed by atoms with Crippen LogP contribution in [0.5, 0.6) is 0 Å². The van der Waals surface area contributed by atoms with Crippen LogP contribution in [0.1, 0.15) is 67.1 Å². The number of carbonyl (C=O) groups is 1. The first-order valence-electron chi connectivity index (χ1n) is 11.7. The van der Waals surface area contributed by atoms with Crippen LogP contribution in [-0.2, 0) is 10.0 Å². The van der Waals surface area contributed by atoms with Gasteiger partial charge in [-0.15, -0.1) is 0 Å². The summed E-state index contributed by atoms with van der Waals surface area (Å²) < 4.78 is 33.1. The first-order valence-corrected chi connectivity index (χ1v) is 13.2. The minimum absolute atomic E-state index is 0.00284. The topological polar surface area (TPSA) is 82.9 Å². The Hall–Kier alpha value is -2.16. The molecule has 0 aliphatic carbocycles. The van der Waals surface area contributed by atoms with Crippen molar-refractivity contribution >= 4 is 15.9 Å². The molecule has 2 aromatic rings. The zero-order chi connectivity index (χ0) is 22.4. The van der Waals surface area contributed by atoms with Crippen molar-refractivity contribution in [2.75, 3.05) is 32.7 Å². The van der Waals surface area contributed by atoms with Gasteiger partial charge in [-0.25, -0.2) is 8.42 Å². The van der Waals surface area contributed by atoms with Gasteiger partial charge in [0.15, 0.2) is 0 Å². The first-order chi connectivity index (χ1) is 15.6. The third-order valence-corrected chi connectivity index (χ3v) is 8.39. The van der Waals surface area contributed by atoms with E-state index in [0.29, 0.717) is 25.2 Å². The number of sulfonamides is 1. The van der Waals surface area contributed by atoms with Crippen LogP contribution in [0.2, 0.25) is 0 Å². The molecule has 2 saturated heterocycles. The number of rotatable bonds is 7. The van der Waals surface area contributed by atoms with Crippen molar-refractivity contribution < 1.29 is 17.6 Å². The number of benzene rings is 1. The Labute approximate surface area is 190 Å². The third kappa shape index (κ3) is 5.42. The lowest BCUT2D eigenvalue weighted by Crippen LogP contribution is -2.40. The molecular formula is C24H33N3O4S. The number of hydrogen-bond acceptors (Lipinski definition) is 5. The lowest BCUT2D eigenvalue weighted by Gasteiger charge is -2.33. The number of furan rings is 1. The Morgan fingerprint density at radius 3 is 2.16 bits per heavy atom. The van der Waals surface area contributed by atoms with Gasteiger partial charge in [-0.05, 0) is 75.2 Å². The highest BCUT2D eigenvalue weighted by Gasteiger charge is 2.27. The average Bonchev–Trinajstić information content (AvgIpc) is 3.20. The number of piperidine rings is 1. The molecule has 1 amide bonds. The van der Waals surface area contributed by atoms with Crippen LogP contribution in [-0.4, -0.2) is 56.3 Å². The molecule has 7 nitrogen and oxygen atoms in total. The van der Waals surface area contributed by atoms with Crippen LogP contribution in [0, 0.1) is 0 Å². The highest BCUT2D eigenvalue weighted by atomic mass is 32.2. The molecular weight excluding hydrogens is 426 g/mol. The van der Waals surface area contributed by atoms with E-state index in [1.165, 1.54) is 6.42 Å². The molecule has 1 N–H and O–H groups in total. The van der Waals surface area contributed by atoms with E-state index in [9.17, 15) is 13.2 Å². The molecule has 2 fully saturated rings. The fourth-order valence-corrected chi connectivity index (χ4v) is 6.14. The summed E-state index contributed by atoms with van der Waals surface area (Å²) in [7, 11) is -3.52. The number of nitrogens with zero attached hydrogens (tertiary/aromatic N) is 2. The predicted octanol–water partition coefficient (Wildman–Crippen LogP) is 3.80. The molecule has 174 valence electrons. The number of hydrogen-bond donors (Lipinski definition) is 1. The normalized spacial score (nSPS) is 19.9. The van der Waals surface area contributed by atoms with Crippen molar-refractivity contribution in [3.8, 4) is 0 Å². The fraction of sp³-hybridized carbons (Fsp3) is 0.542. The minimum Gasteiger partial charge on any atom is -0.468 e. The van der Waals surface area contributed by atoms with Gasteiger partial charge in [0.25, 0.3) is 5.91 Å². The summed E-state index contributed by atoms with van der Waals surface area (Å²) in [6, 6.07) is 10.1. The Morgan fingerprint density at radius 2 is 1.53 bits per heavy atom. The van der Waals surface area contributed by atoms with Gasteiger partial charge < -0.3 is 9.73 Å². The quantitative estimate of drug-likeness (QED) is 0.681. The van der Waals surface area contributed by atoms with Gasteiger partial charge in [0.1, 0.15) is 5.76 Å². The maximum absolute atomic E-state index is 13.0. The molecule has 0 spiro atoms. The van der Waals surface area contributed by atoms with Crippen molar-refractivity contribution in [1.82, 2.24) is 14.5 Å². The maximum Gasteiger partial charge on any atom is 0.251 e. The molecule has 1 atom stereocenters. The van der Waals surface area contributed by atoms with Crippen LogP contribution in [0.3, 0.4) is 0 Å². The summed E-state index contributed by atoms with van der Waals surface area (Å²) in [5.41, 5.74) is 0.455. The molecule has 1 aromatic carbocycles. The van der Waals surface area contributed by atoms with Crippen molar-refractivity contribution in [2.24, 2.45) is 0 Å². The van der Waals surface area contributed by atoms with E-state index in [4.69, 9.17) is 4.42 Å². The summed E-state index contributed by atoms with van der Waals surface area (Å²) >= 11 is 0. The number of amides is 1. The molecule has 4 rings (SSSR count). The molecule has 0 radical (unpaired) electrons. The van der Waals surface area contributed by atoms with Crippen LogP contribution in [0.15, 0.2) is 52.0 Å². The highest BCUT2D eigenvalue weighted by Crippen LogP contribution is 2.25. The standard InChI is InChI=1S/C24H33N3O4S/c28-24(25-19-22(23-9-8-18-31-23)26-14-4-3-5-15-26)20-10-12-21(13-11-20)32(29,30)27-16-6-1-2-7-17-27/h8-13,18,22H,1-7,14-17,19H2,(H,25,28). The summed E-state index contributed by atoms with van der Waals surface area (Å²) in [6.07, 6.45) is 9.14. The second kappa shape index (κ2) is 10.6. The molecule has 2 aliphatic heterocycles. The highest BCUT2D eigenvalue weighted by molar-refractivity contribution is 7.89. The fourth-order valence-electron chi connectivity index (χ4n) is 4.62. The van der Waals surface area contributed by atoms with Crippen molar-refractivity contribution in [2.45, 2.75) is 55.9 Å². The summed E-state index contributed by atoms with van der Waals surface area (Å²) in [4.78, 5) is 15.4. The molecule has 2 aliphatic rings. The molecule has 3 heterocycles. The minimum atomic E-state index is -3.52. The van der Waals surface area contributed by atoms with Crippen LogP contribution >= 0.6 is 0 Å². The van der Waals surface area contributed by atoms with E-state index >= 15 is 0 Å². The number of nitrogens with one attached hydrogen (secondary N) is 1. The number of carbonyl (C=O) groups excluding carboxylic acids is 1. The second-order valence-corrected chi connectivity index (χ2v) is 10.6. The van der Waals surface area contributed by atoms with Gasteiger partial charge in [0, 0.05) is 25.2 Å². The van der Waals surface area contributed by atoms with Crippen LogP contribution in [0.25, 0.3) is 0 Å². The van der Waals surface area contributed by atoms with Gasteiger partial charge >= 0.3 is 0 Å². The van der Waals surface area contributed by atoms with Gasteiger partial charge in [-0.2, -0.15) is 4.31 Å². The monoisotopic (exact) mass is 459 g/mol. The average molecular weight is 460 g/mol. The lowest BCUT2D eigenvalue weighted by molar-refractivity contribution is 0.0914. The maximum atomic E-state index is 13.0. The second-order valence-electron chi connectivity index (χ2n) is 8.68.